The minimum Gasteiger partial charge on any atom is -0.497 e. The summed E-state index contributed by atoms with van der Waals surface area (Å²) in [5.74, 6) is 0.839. The van der Waals surface area contributed by atoms with E-state index in [0.717, 1.165) is 24.2 Å². The monoisotopic (exact) mass is 288 g/mol. The summed E-state index contributed by atoms with van der Waals surface area (Å²) in [5, 5.41) is 9.90. The number of aromatic nitrogens is 2. The molecule has 0 aliphatic heterocycles. The lowest BCUT2D eigenvalue weighted by Gasteiger charge is -2.18. The number of ether oxygens (including phenoxy) is 1. The predicted octanol–water partition coefficient (Wildman–Crippen LogP) is 1.54. The fourth-order valence-electron chi connectivity index (χ4n) is 2.28. The second kappa shape index (κ2) is 5.43. The summed E-state index contributed by atoms with van der Waals surface area (Å²) in [6.07, 6.45) is 2.17. The third-order valence-electron chi connectivity index (χ3n) is 3.58. The molecule has 3 N–H and O–H groups in total. The highest BCUT2D eigenvalue weighted by Crippen LogP contribution is 2.41. The van der Waals surface area contributed by atoms with Crippen LogP contribution in [0.4, 0.5) is 5.82 Å². The van der Waals surface area contributed by atoms with E-state index in [2.05, 4.69) is 20.3 Å². The molecular formula is C14H16N4O3. The number of carbonyl (C=O) groups is 1. The molecule has 0 bridgehead atoms. The van der Waals surface area contributed by atoms with Crippen molar-refractivity contribution in [1.82, 2.24) is 15.6 Å². The molecule has 0 radical (unpaired) electrons. The minimum absolute atomic E-state index is 0.00298. The number of carbonyl (C=O) groups excluding carboxylic acids is 1. The first-order valence-corrected chi connectivity index (χ1v) is 6.72. The molecule has 7 nitrogen and oxygen atoms in total. The van der Waals surface area contributed by atoms with E-state index in [1.165, 1.54) is 0 Å². The Kier molecular flexibility index (Phi) is 3.47. The molecule has 1 aromatic carbocycles. The lowest BCUT2D eigenvalue weighted by Crippen LogP contribution is -2.30. The summed E-state index contributed by atoms with van der Waals surface area (Å²) >= 11 is 0. The van der Waals surface area contributed by atoms with Crippen LogP contribution in [0.25, 0.3) is 0 Å². The van der Waals surface area contributed by atoms with E-state index < -0.39 is 0 Å². The third-order valence-corrected chi connectivity index (χ3v) is 3.58. The van der Waals surface area contributed by atoms with E-state index in [0.29, 0.717) is 5.92 Å². The maximum atomic E-state index is 12.2. The van der Waals surface area contributed by atoms with E-state index >= 15 is 0 Å². The molecule has 21 heavy (non-hydrogen) atoms. The highest BCUT2D eigenvalue weighted by molar-refractivity contribution is 5.96. The topological polar surface area (TPSA) is 103 Å². The Bertz CT molecular complexity index is 634. The number of nitrogens with zero attached hydrogens (tertiary/aromatic N) is 2. The Hall–Kier alpha value is -2.57. The van der Waals surface area contributed by atoms with Crippen LogP contribution < -0.4 is 15.8 Å². The fraction of sp³-hybridized carbons (Fsp3) is 0.357. The van der Waals surface area contributed by atoms with Gasteiger partial charge in [0.25, 0.3) is 5.91 Å². The van der Waals surface area contributed by atoms with Gasteiger partial charge in [0.15, 0.2) is 0 Å². The Morgan fingerprint density at radius 1 is 1.38 bits per heavy atom. The van der Waals surface area contributed by atoms with Crippen LogP contribution in [0.3, 0.4) is 0 Å². The van der Waals surface area contributed by atoms with Crippen LogP contribution in [0.1, 0.15) is 34.9 Å². The summed E-state index contributed by atoms with van der Waals surface area (Å²) < 4.78 is 9.60. The second-order valence-electron chi connectivity index (χ2n) is 5.06. The highest BCUT2D eigenvalue weighted by Gasteiger charge is 2.34. The predicted molar refractivity (Wildman–Crippen MR) is 74.6 cm³/mol. The molecular weight excluding hydrogens is 272 g/mol. The van der Waals surface area contributed by atoms with Gasteiger partial charge < -0.3 is 15.8 Å². The number of nitrogen functional groups attached to an aromatic ring is 1. The number of benzene rings is 1. The van der Waals surface area contributed by atoms with Gasteiger partial charge in [0.2, 0.25) is 11.5 Å². The summed E-state index contributed by atoms with van der Waals surface area (Å²) in [5.41, 5.74) is 6.59. The van der Waals surface area contributed by atoms with Crippen molar-refractivity contribution in [2.45, 2.75) is 18.9 Å². The van der Waals surface area contributed by atoms with Gasteiger partial charge in [-0.05, 0) is 46.8 Å². The lowest BCUT2D eigenvalue weighted by molar-refractivity contribution is 0.0922. The van der Waals surface area contributed by atoms with Crippen molar-refractivity contribution in [1.29, 1.82) is 0 Å². The number of hydrogen-bond donors (Lipinski definition) is 2. The van der Waals surface area contributed by atoms with Gasteiger partial charge in [-0.15, -0.1) is 0 Å². The van der Waals surface area contributed by atoms with Crippen molar-refractivity contribution in [3.05, 3.63) is 35.5 Å². The standard InChI is InChI=1S/C14H16N4O3/c1-20-10-6-4-9(5-7-10)11(8-2-3-8)16-14(19)12-13(15)18-21-17-12/h4-8,11H,2-3H2,1H3,(H2,15,18)(H,16,19). The molecule has 1 saturated carbocycles. The average Bonchev–Trinajstić information content (AvgIpc) is 3.26. The lowest BCUT2D eigenvalue weighted by atomic mass is 10.0. The van der Waals surface area contributed by atoms with Crippen molar-refractivity contribution >= 4 is 11.7 Å². The number of hydrogen-bond acceptors (Lipinski definition) is 6. The molecule has 3 rings (SSSR count). The molecule has 1 amide bonds. The fourth-order valence-corrected chi connectivity index (χ4v) is 2.28. The van der Waals surface area contributed by atoms with Gasteiger partial charge in [-0.3, -0.25) is 4.79 Å². The normalized spacial score (nSPS) is 15.5. The maximum absolute atomic E-state index is 12.2. The number of amides is 1. The van der Waals surface area contributed by atoms with Crippen molar-refractivity contribution in [3.63, 3.8) is 0 Å². The van der Waals surface area contributed by atoms with Gasteiger partial charge in [0.05, 0.1) is 13.2 Å². The van der Waals surface area contributed by atoms with Gasteiger partial charge >= 0.3 is 0 Å². The van der Waals surface area contributed by atoms with Gasteiger partial charge in [-0.25, -0.2) is 4.63 Å². The maximum Gasteiger partial charge on any atom is 0.277 e. The molecule has 0 saturated heterocycles. The van der Waals surface area contributed by atoms with Crippen LogP contribution in [0, 0.1) is 5.92 Å². The van der Waals surface area contributed by atoms with Crippen LogP contribution in [0.2, 0.25) is 0 Å². The quantitative estimate of drug-likeness (QED) is 0.865. The summed E-state index contributed by atoms with van der Waals surface area (Å²) in [7, 11) is 1.62. The zero-order valence-corrected chi connectivity index (χ0v) is 11.6. The largest absolute Gasteiger partial charge is 0.497 e. The number of nitrogens with two attached hydrogens (primary N) is 1. The van der Waals surface area contributed by atoms with Crippen molar-refractivity contribution in [3.8, 4) is 5.75 Å². The summed E-state index contributed by atoms with van der Waals surface area (Å²) in [4.78, 5) is 12.2. The number of anilines is 1. The van der Waals surface area contributed by atoms with Crippen molar-refractivity contribution in [2.24, 2.45) is 5.92 Å². The first-order valence-electron chi connectivity index (χ1n) is 6.72. The van der Waals surface area contributed by atoms with E-state index in [9.17, 15) is 4.79 Å². The average molecular weight is 288 g/mol. The summed E-state index contributed by atoms with van der Waals surface area (Å²) in [6, 6.07) is 7.59. The van der Waals surface area contributed by atoms with Crippen LogP contribution in [-0.2, 0) is 0 Å². The number of rotatable bonds is 5. The van der Waals surface area contributed by atoms with E-state index in [4.69, 9.17) is 10.5 Å². The molecule has 0 spiro atoms. The molecule has 2 aromatic rings. The Morgan fingerprint density at radius 2 is 2.10 bits per heavy atom. The molecule has 110 valence electrons. The minimum atomic E-state index is -0.374. The molecule has 1 aliphatic rings. The number of methoxy groups -OCH3 is 1. The first-order chi connectivity index (χ1) is 10.2. The zero-order chi connectivity index (χ0) is 14.8. The molecule has 7 heteroatoms. The second-order valence-corrected chi connectivity index (χ2v) is 5.06. The van der Waals surface area contributed by atoms with Crippen molar-refractivity contribution < 1.29 is 14.2 Å². The number of nitrogens with one attached hydrogen (secondary N) is 1. The van der Waals surface area contributed by atoms with Gasteiger partial charge in [0.1, 0.15) is 5.75 Å². The zero-order valence-electron chi connectivity index (χ0n) is 11.6. The molecule has 1 aliphatic carbocycles. The molecule has 1 unspecified atom stereocenters. The van der Waals surface area contributed by atoms with E-state index in [-0.39, 0.29) is 23.5 Å². The van der Waals surface area contributed by atoms with Gasteiger partial charge in [-0.2, -0.15) is 0 Å². The Labute approximate surface area is 121 Å². The van der Waals surface area contributed by atoms with Gasteiger partial charge in [0, 0.05) is 0 Å². The first kappa shape index (κ1) is 13.4. The smallest absolute Gasteiger partial charge is 0.277 e. The molecule has 1 atom stereocenters. The summed E-state index contributed by atoms with van der Waals surface area (Å²) in [6.45, 7) is 0. The van der Waals surface area contributed by atoms with Crippen LogP contribution in [-0.4, -0.2) is 23.3 Å². The van der Waals surface area contributed by atoms with Crippen molar-refractivity contribution in [2.75, 3.05) is 12.8 Å². The van der Waals surface area contributed by atoms with Gasteiger partial charge in [-0.1, -0.05) is 12.1 Å². The highest BCUT2D eigenvalue weighted by atomic mass is 16.6. The van der Waals surface area contributed by atoms with Crippen LogP contribution in [0.5, 0.6) is 5.75 Å². The molecule has 1 heterocycles. The molecule has 1 aromatic heterocycles. The third kappa shape index (κ3) is 2.81. The Morgan fingerprint density at radius 3 is 2.62 bits per heavy atom. The van der Waals surface area contributed by atoms with E-state index in [1.807, 2.05) is 24.3 Å². The van der Waals surface area contributed by atoms with Crippen LogP contribution >= 0.6 is 0 Å². The Balaban J connectivity index is 1.78. The van der Waals surface area contributed by atoms with E-state index in [1.54, 1.807) is 7.11 Å². The SMILES string of the molecule is COc1ccc(C(NC(=O)c2nonc2N)C2CC2)cc1. The van der Waals surface area contributed by atoms with Crippen LogP contribution in [0.15, 0.2) is 28.9 Å². The molecule has 1 fully saturated rings.